The Morgan fingerprint density at radius 2 is 1.63 bits per heavy atom. The number of benzene rings is 2. The van der Waals surface area contributed by atoms with Gasteiger partial charge in [-0.25, -0.2) is 8.78 Å². The Bertz CT molecular complexity index is 806. The van der Waals surface area contributed by atoms with E-state index in [2.05, 4.69) is 4.90 Å². The predicted octanol–water partition coefficient (Wildman–Crippen LogP) is 3.64. The third-order valence-corrected chi connectivity index (χ3v) is 5.48. The molecule has 2 fully saturated rings. The quantitative estimate of drug-likeness (QED) is 0.813. The average Bonchev–Trinajstić information content (AvgIpc) is 3.12. The van der Waals surface area contributed by atoms with Crippen LogP contribution >= 0.6 is 0 Å². The van der Waals surface area contributed by atoms with E-state index >= 15 is 0 Å². The zero-order valence-corrected chi connectivity index (χ0v) is 14.8. The van der Waals surface area contributed by atoms with Gasteiger partial charge in [-0.2, -0.15) is 0 Å². The minimum atomic E-state index is -0.637. The van der Waals surface area contributed by atoms with Crippen molar-refractivity contribution < 1.29 is 23.4 Å². The zero-order chi connectivity index (χ0) is 19.0. The molecule has 1 heterocycles. The number of carbonyl (C=O) groups is 1. The number of rotatable bonds is 5. The van der Waals surface area contributed by atoms with Gasteiger partial charge in [-0.05, 0) is 48.9 Å². The second kappa shape index (κ2) is 7.27. The van der Waals surface area contributed by atoms with Gasteiger partial charge >= 0.3 is 0 Å². The molecular formula is C21H21F2NO3. The maximum Gasteiger partial charge on any atom is 0.176 e. The second-order valence-electron chi connectivity index (χ2n) is 7.50. The number of ketones is 1. The number of halogens is 2. The van der Waals surface area contributed by atoms with E-state index in [0.29, 0.717) is 23.9 Å². The Hall–Kier alpha value is -2.47. The van der Waals surface area contributed by atoms with Crippen molar-refractivity contribution in [3.8, 4) is 11.5 Å². The molecule has 3 atom stereocenters. The van der Waals surface area contributed by atoms with Gasteiger partial charge in [0.05, 0.1) is 12.6 Å². The zero-order valence-electron chi connectivity index (χ0n) is 14.8. The topological polar surface area (TPSA) is 49.8 Å². The maximum absolute atomic E-state index is 13.3. The van der Waals surface area contributed by atoms with Gasteiger partial charge in [-0.3, -0.25) is 9.69 Å². The summed E-state index contributed by atoms with van der Waals surface area (Å²) in [5.74, 6) is 0.00703. The van der Waals surface area contributed by atoms with Crippen molar-refractivity contribution in [2.24, 2.45) is 11.8 Å². The molecule has 1 aliphatic carbocycles. The summed E-state index contributed by atoms with van der Waals surface area (Å²) in [6.07, 6.45) is 1.61. The summed E-state index contributed by atoms with van der Waals surface area (Å²) in [7, 11) is 0. The average molecular weight is 373 g/mol. The summed E-state index contributed by atoms with van der Waals surface area (Å²) < 4.78 is 32.4. The summed E-state index contributed by atoms with van der Waals surface area (Å²) in [6, 6.07) is 9.55. The van der Waals surface area contributed by atoms with Crippen molar-refractivity contribution in [1.82, 2.24) is 4.90 Å². The van der Waals surface area contributed by atoms with Gasteiger partial charge in [-0.15, -0.1) is 0 Å². The molecule has 2 aromatic rings. The molecule has 1 saturated heterocycles. The van der Waals surface area contributed by atoms with Crippen molar-refractivity contribution in [2.45, 2.75) is 18.9 Å². The molecule has 2 aromatic carbocycles. The van der Waals surface area contributed by atoms with E-state index in [9.17, 15) is 18.7 Å². The molecule has 6 heteroatoms. The SMILES string of the molecule is O=C(CN1C[C@H]2C[C@H](Oc3cc(F)cc(F)c3)C[C@H]2C1)c1ccc(O)cc1. The van der Waals surface area contributed by atoms with Crippen LogP contribution in [0, 0.1) is 23.5 Å². The smallest absolute Gasteiger partial charge is 0.176 e. The van der Waals surface area contributed by atoms with Crippen LogP contribution in [-0.4, -0.2) is 41.5 Å². The van der Waals surface area contributed by atoms with Crippen LogP contribution in [0.2, 0.25) is 0 Å². The van der Waals surface area contributed by atoms with E-state index in [1.165, 1.54) is 24.3 Å². The van der Waals surface area contributed by atoms with E-state index in [0.717, 1.165) is 32.0 Å². The summed E-state index contributed by atoms with van der Waals surface area (Å²) in [6.45, 7) is 2.01. The van der Waals surface area contributed by atoms with Crippen molar-refractivity contribution >= 4 is 5.78 Å². The first-order chi connectivity index (χ1) is 13.0. The highest BCUT2D eigenvalue weighted by Crippen LogP contribution is 2.39. The number of nitrogens with zero attached hydrogens (tertiary/aromatic N) is 1. The van der Waals surface area contributed by atoms with E-state index in [1.807, 2.05) is 0 Å². The summed E-state index contributed by atoms with van der Waals surface area (Å²) in [4.78, 5) is 14.5. The molecule has 4 nitrogen and oxygen atoms in total. The number of hydrogen-bond acceptors (Lipinski definition) is 4. The predicted molar refractivity (Wildman–Crippen MR) is 95.9 cm³/mol. The highest BCUT2D eigenvalue weighted by atomic mass is 19.1. The van der Waals surface area contributed by atoms with Crippen LogP contribution in [0.3, 0.4) is 0 Å². The number of phenolic OH excluding ortho intramolecular Hbond substituents is 1. The van der Waals surface area contributed by atoms with Gasteiger partial charge < -0.3 is 9.84 Å². The number of ether oxygens (including phenoxy) is 1. The van der Waals surface area contributed by atoms with Crippen LogP contribution in [0.15, 0.2) is 42.5 Å². The first-order valence-corrected chi connectivity index (χ1v) is 9.13. The van der Waals surface area contributed by atoms with E-state index in [4.69, 9.17) is 4.74 Å². The molecule has 0 radical (unpaired) electrons. The molecule has 0 amide bonds. The van der Waals surface area contributed by atoms with Crippen LogP contribution < -0.4 is 4.74 Å². The van der Waals surface area contributed by atoms with E-state index in [-0.39, 0.29) is 23.4 Å². The van der Waals surface area contributed by atoms with Crippen LogP contribution in [0.25, 0.3) is 0 Å². The Labute approximate surface area is 156 Å². The molecule has 0 aromatic heterocycles. The van der Waals surface area contributed by atoms with Crippen molar-refractivity contribution in [3.05, 3.63) is 59.7 Å². The van der Waals surface area contributed by atoms with Gasteiger partial charge in [0.25, 0.3) is 0 Å². The molecule has 1 saturated carbocycles. The molecule has 27 heavy (non-hydrogen) atoms. The van der Waals surface area contributed by atoms with Gasteiger partial charge in [-0.1, -0.05) is 0 Å². The lowest BCUT2D eigenvalue weighted by atomic mass is 10.0. The van der Waals surface area contributed by atoms with Gasteiger partial charge in [0.15, 0.2) is 5.78 Å². The summed E-state index contributed by atoms with van der Waals surface area (Å²) in [5, 5.41) is 9.32. The third kappa shape index (κ3) is 4.11. The molecule has 0 unspecified atom stereocenters. The fourth-order valence-corrected chi connectivity index (χ4v) is 4.30. The lowest BCUT2D eigenvalue weighted by Crippen LogP contribution is -2.30. The Kier molecular flexibility index (Phi) is 4.83. The number of Topliss-reactive ketones (excluding diaryl/α,β-unsaturated/α-hetero) is 1. The van der Waals surface area contributed by atoms with Crippen molar-refractivity contribution in [3.63, 3.8) is 0 Å². The van der Waals surface area contributed by atoms with Gasteiger partial charge in [0.2, 0.25) is 0 Å². The third-order valence-electron chi connectivity index (χ3n) is 5.48. The Morgan fingerprint density at radius 3 is 2.22 bits per heavy atom. The Balaban J connectivity index is 1.30. The van der Waals surface area contributed by atoms with Gasteiger partial charge in [0.1, 0.15) is 23.1 Å². The van der Waals surface area contributed by atoms with Crippen LogP contribution in [0.4, 0.5) is 8.78 Å². The number of carbonyl (C=O) groups excluding carboxylic acids is 1. The fourth-order valence-electron chi connectivity index (χ4n) is 4.30. The number of likely N-dealkylation sites (tertiary alicyclic amines) is 1. The highest BCUT2D eigenvalue weighted by molar-refractivity contribution is 5.97. The standard InChI is InChI=1S/C21H21F2NO3/c22-16-7-17(23)9-20(8-16)27-19-5-14-10-24(11-15(14)6-19)12-21(26)13-1-3-18(25)4-2-13/h1-4,7-9,14-15,19,25H,5-6,10-12H2/t14-,15+,19+. The van der Waals surface area contributed by atoms with Gasteiger partial charge in [0, 0.05) is 36.9 Å². The van der Waals surface area contributed by atoms with E-state index < -0.39 is 11.6 Å². The molecule has 4 rings (SSSR count). The van der Waals surface area contributed by atoms with Crippen molar-refractivity contribution in [2.75, 3.05) is 19.6 Å². The number of fused-ring (bicyclic) bond motifs is 1. The minimum Gasteiger partial charge on any atom is -0.508 e. The summed E-state index contributed by atoms with van der Waals surface area (Å²) >= 11 is 0. The molecule has 142 valence electrons. The minimum absolute atomic E-state index is 0.0398. The summed E-state index contributed by atoms with van der Waals surface area (Å²) in [5.41, 5.74) is 0.596. The van der Waals surface area contributed by atoms with Crippen LogP contribution in [-0.2, 0) is 0 Å². The maximum atomic E-state index is 13.3. The van der Waals surface area contributed by atoms with Crippen LogP contribution in [0.5, 0.6) is 11.5 Å². The van der Waals surface area contributed by atoms with Crippen molar-refractivity contribution in [1.29, 1.82) is 0 Å². The monoisotopic (exact) mass is 373 g/mol. The first-order valence-electron chi connectivity index (χ1n) is 9.13. The normalized spacial score (nSPS) is 24.7. The lowest BCUT2D eigenvalue weighted by molar-refractivity contribution is 0.0936. The molecular weight excluding hydrogens is 352 g/mol. The first kappa shape index (κ1) is 17.9. The fraction of sp³-hybridized carbons (Fsp3) is 0.381. The number of hydrogen-bond donors (Lipinski definition) is 1. The highest BCUT2D eigenvalue weighted by Gasteiger charge is 2.42. The molecule has 2 aliphatic rings. The second-order valence-corrected chi connectivity index (χ2v) is 7.50. The number of aromatic hydroxyl groups is 1. The Morgan fingerprint density at radius 1 is 1.04 bits per heavy atom. The molecule has 0 bridgehead atoms. The molecule has 1 N–H and O–H groups in total. The van der Waals surface area contributed by atoms with E-state index in [1.54, 1.807) is 12.1 Å². The lowest BCUT2D eigenvalue weighted by Gasteiger charge is -2.19. The number of phenols is 1. The molecule has 1 aliphatic heterocycles. The van der Waals surface area contributed by atoms with Crippen LogP contribution in [0.1, 0.15) is 23.2 Å². The largest absolute Gasteiger partial charge is 0.508 e. The molecule has 0 spiro atoms.